The highest BCUT2D eigenvalue weighted by molar-refractivity contribution is 7.80. The van der Waals surface area contributed by atoms with Crippen molar-refractivity contribution in [3.63, 3.8) is 0 Å². The second-order valence-corrected chi connectivity index (χ2v) is 4.22. The van der Waals surface area contributed by atoms with Crippen LogP contribution in [0.1, 0.15) is 13.8 Å². The number of nitrogens with zero attached hydrogens (tertiary/aromatic N) is 1. The first-order valence-electron chi connectivity index (χ1n) is 5.98. The van der Waals surface area contributed by atoms with Crippen molar-refractivity contribution in [1.82, 2.24) is 5.32 Å². The first-order chi connectivity index (χ1) is 9.08. The van der Waals surface area contributed by atoms with Crippen molar-refractivity contribution in [2.45, 2.75) is 13.8 Å². The third kappa shape index (κ3) is 4.71. The summed E-state index contributed by atoms with van der Waals surface area (Å²) >= 11 is 5.25. The fourth-order valence-electron chi connectivity index (χ4n) is 1.50. The Morgan fingerprint density at radius 2 is 2.05 bits per heavy atom. The Labute approximate surface area is 119 Å². The molecular formula is C14H18N2O2S. The van der Waals surface area contributed by atoms with Crippen molar-refractivity contribution in [2.24, 2.45) is 0 Å². The Hall–Kier alpha value is -1.88. The first-order valence-corrected chi connectivity index (χ1v) is 6.39. The van der Waals surface area contributed by atoms with Crippen molar-refractivity contribution in [2.75, 3.05) is 18.6 Å². The summed E-state index contributed by atoms with van der Waals surface area (Å²) in [5, 5.41) is 3.03. The number of ether oxygens (including phenoxy) is 1. The number of hydrogen-bond acceptors (Lipinski definition) is 3. The van der Waals surface area contributed by atoms with E-state index >= 15 is 0 Å². The minimum absolute atomic E-state index is 0.293. The zero-order valence-corrected chi connectivity index (χ0v) is 12.2. The van der Waals surface area contributed by atoms with Gasteiger partial charge in [0, 0.05) is 18.3 Å². The number of allylic oxidation sites excluding steroid dienone is 1. The highest BCUT2D eigenvalue weighted by atomic mass is 32.1. The number of rotatable bonds is 4. The zero-order valence-electron chi connectivity index (χ0n) is 11.3. The summed E-state index contributed by atoms with van der Waals surface area (Å²) < 4.78 is 4.92. The van der Waals surface area contributed by atoms with E-state index in [0.29, 0.717) is 17.4 Å². The Balaban J connectivity index is 2.73. The molecular weight excluding hydrogens is 260 g/mol. The van der Waals surface area contributed by atoms with Crippen molar-refractivity contribution in [1.29, 1.82) is 0 Å². The monoisotopic (exact) mass is 278 g/mol. The van der Waals surface area contributed by atoms with E-state index in [-0.39, 0.29) is 5.91 Å². The molecule has 0 bridgehead atoms. The second-order valence-electron chi connectivity index (χ2n) is 3.83. The molecule has 5 heteroatoms. The quantitative estimate of drug-likeness (QED) is 0.522. The standard InChI is InChI=1S/C14H18N2O2S/c1-4-16(12-8-6-5-7-9-12)14(19)15-13(17)10-11(2)18-3/h5-10H,4H2,1-3H3,(H,15,17,19). The third-order valence-corrected chi connectivity index (χ3v) is 2.84. The molecule has 4 nitrogen and oxygen atoms in total. The maximum Gasteiger partial charge on any atom is 0.253 e. The molecule has 1 rings (SSSR count). The van der Waals surface area contributed by atoms with Crippen LogP contribution in [-0.4, -0.2) is 24.7 Å². The number of para-hydroxylation sites is 1. The number of benzene rings is 1. The van der Waals surface area contributed by atoms with Gasteiger partial charge in [0.15, 0.2) is 5.11 Å². The average Bonchev–Trinajstić information content (AvgIpc) is 2.40. The van der Waals surface area contributed by atoms with Crippen LogP contribution in [0.3, 0.4) is 0 Å². The van der Waals surface area contributed by atoms with Crippen molar-refractivity contribution in [3.8, 4) is 0 Å². The summed E-state index contributed by atoms with van der Waals surface area (Å²) in [5.74, 6) is 0.238. The van der Waals surface area contributed by atoms with Gasteiger partial charge in [0.05, 0.1) is 12.9 Å². The highest BCUT2D eigenvalue weighted by Gasteiger charge is 2.11. The van der Waals surface area contributed by atoms with Gasteiger partial charge in [-0.25, -0.2) is 0 Å². The molecule has 0 unspecified atom stereocenters. The van der Waals surface area contributed by atoms with E-state index in [1.54, 1.807) is 6.92 Å². The van der Waals surface area contributed by atoms with Gasteiger partial charge < -0.3 is 9.64 Å². The van der Waals surface area contributed by atoms with Crippen LogP contribution >= 0.6 is 12.2 Å². The van der Waals surface area contributed by atoms with Crippen LogP contribution in [0.5, 0.6) is 0 Å². The molecule has 1 aromatic carbocycles. The van der Waals surface area contributed by atoms with Gasteiger partial charge in [0.25, 0.3) is 5.91 Å². The second kappa shape index (κ2) is 7.53. The summed E-state index contributed by atoms with van der Waals surface area (Å²) in [6, 6.07) is 9.68. The SMILES string of the molecule is CCN(C(=S)NC(=O)C=C(C)OC)c1ccccc1. The van der Waals surface area contributed by atoms with Gasteiger partial charge in [-0.15, -0.1) is 0 Å². The number of methoxy groups -OCH3 is 1. The van der Waals surface area contributed by atoms with Gasteiger partial charge in [-0.1, -0.05) is 18.2 Å². The summed E-state index contributed by atoms with van der Waals surface area (Å²) in [7, 11) is 1.51. The smallest absolute Gasteiger partial charge is 0.253 e. The molecule has 0 heterocycles. The first kappa shape index (κ1) is 15.2. The molecule has 0 aliphatic heterocycles. The van der Waals surface area contributed by atoms with E-state index in [2.05, 4.69) is 5.32 Å². The summed E-state index contributed by atoms with van der Waals surface area (Å²) in [5.41, 5.74) is 0.947. The predicted octanol–water partition coefficient (Wildman–Crippen LogP) is 2.46. The lowest BCUT2D eigenvalue weighted by Crippen LogP contribution is -2.42. The Bertz CT molecular complexity index is 472. The summed E-state index contributed by atoms with van der Waals surface area (Å²) in [4.78, 5) is 13.5. The lowest BCUT2D eigenvalue weighted by Gasteiger charge is -2.23. The minimum atomic E-state index is -0.293. The fourth-order valence-corrected chi connectivity index (χ4v) is 1.84. The molecule has 0 saturated carbocycles. The summed E-state index contributed by atoms with van der Waals surface area (Å²) in [6.45, 7) is 4.36. The lowest BCUT2D eigenvalue weighted by molar-refractivity contribution is -0.115. The minimum Gasteiger partial charge on any atom is -0.501 e. The largest absolute Gasteiger partial charge is 0.501 e. The fraction of sp³-hybridized carbons (Fsp3) is 0.286. The number of carbonyl (C=O) groups is 1. The zero-order chi connectivity index (χ0) is 14.3. The van der Waals surface area contributed by atoms with Crippen molar-refractivity contribution in [3.05, 3.63) is 42.2 Å². The molecule has 0 radical (unpaired) electrons. The molecule has 19 heavy (non-hydrogen) atoms. The van der Waals surface area contributed by atoms with E-state index in [1.807, 2.05) is 42.2 Å². The lowest BCUT2D eigenvalue weighted by atomic mass is 10.3. The molecule has 0 spiro atoms. The number of amides is 1. The number of hydrogen-bond donors (Lipinski definition) is 1. The van der Waals surface area contributed by atoms with E-state index in [9.17, 15) is 4.79 Å². The van der Waals surface area contributed by atoms with Gasteiger partial charge in [0.1, 0.15) is 0 Å². The van der Waals surface area contributed by atoms with Crippen LogP contribution in [0.15, 0.2) is 42.2 Å². The predicted molar refractivity (Wildman–Crippen MR) is 81.0 cm³/mol. The van der Waals surface area contributed by atoms with Gasteiger partial charge >= 0.3 is 0 Å². The molecule has 0 aromatic heterocycles. The van der Waals surface area contributed by atoms with Gasteiger partial charge in [-0.05, 0) is 38.2 Å². The number of nitrogens with one attached hydrogen (secondary N) is 1. The maximum atomic E-state index is 11.7. The van der Waals surface area contributed by atoms with Crippen LogP contribution in [-0.2, 0) is 9.53 Å². The van der Waals surface area contributed by atoms with Crippen molar-refractivity contribution < 1.29 is 9.53 Å². The molecule has 0 fully saturated rings. The van der Waals surface area contributed by atoms with E-state index in [0.717, 1.165) is 5.69 Å². The number of anilines is 1. The molecule has 1 N–H and O–H groups in total. The Morgan fingerprint density at radius 1 is 1.42 bits per heavy atom. The Kier molecular flexibility index (Phi) is 6.02. The van der Waals surface area contributed by atoms with Gasteiger partial charge in [-0.3, -0.25) is 10.1 Å². The summed E-state index contributed by atoms with van der Waals surface area (Å²) in [6.07, 6.45) is 1.37. The normalized spacial score (nSPS) is 10.8. The van der Waals surface area contributed by atoms with Crippen molar-refractivity contribution >= 4 is 28.9 Å². The number of thiocarbonyl (C=S) groups is 1. The van der Waals surface area contributed by atoms with Crippen LogP contribution in [0, 0.1) is 0 Å². The Morgan fingerprint density at radius 3 is 2.58 bits per heavy atom. The van der Waals surface area contributed by atoms with E-state index < -0.39 is 0 Å². The number of carbonyl (C=O) groups excluding carboxylic acids is 1. The van der Waals surface area contributed by atoms with Crippen LogP contribution in [0.4, 0.5) is 5.69 Å². The molecule has 0 atom stereocenters. The molecule has 0 saturated heterocycles. The average molecular weight is 278 g/mol. The maximum absolute atomic E-state index is 11.7. The van der Waals surface area contributed by atoms with Gasteiger partial charge in [0.2, 0.25) is 0 Å². The molecule has 102 valence electrons. The van der Waals surface area contributed by atoms with Crippen LogP contribution in [0.25, 0.3) is 0 Å². The van der Waals surface area contributed by atoms with Crippen LogP contribution in [0.2, 0.25) is 0 Å². The highest BCUT2D eigenvalue weighted by Crippen LogP contribution is 2.12. The molecule has 0 aliphatic rings. The van der Waals surface area contributed by atoms with Crippen LogP contribution < -0.4 is 10.2 Å². The van der Waals surface area contributed by atoms with Gasteiger partial charge in [-0.2, -0.15) is 0 Å². The third-order valence-electron chi connectivity index (χ3n) is 2.52. The molecule has 0 aliphatic carbocycles. The van der Waals surface area contributed by atoms with E-state index in [1.165, 1.54) is 13.2 Å². The molecule has 1 aromatic rings. The molecule has 1 amide bonds. The topological polar surface area (TPSA) is 41.6 Å². The van der Waals surface area contributed by atoms with E-state index in [4.69, 9.17) is 17.0 Å².